The first-order valence-electron chi connectivity index (χ1n) is 1.68. The molecule has 1 aromatic heterocycles. The molecule has 0 saturated carbocycles. The number of tetrazole rings is 1. The largest absolute Gasteiger partial charge is 1.00 e. The van der Waals surface area contributed by atoms with E-state index in [2.05, 4.69) is 15.4 Å². The van der Waals surface area contributed by atoms with Crippen molar-refractivity contribution in [3.05, 3.63) is 10.1 Å². The van der Waals surface area contributed by atoms with Crippen molar-refractivity contribution in [2.75, 3.05) is 0 Å². The fourth-order valence-corrected chi connectivity index (χ4v) is 0.234. The van der Waals surface area contributed by atoms with E-state index in [0.717, 1.165) is 0 Å². The Morgan fingerprint density at radius 3 is 2.56 bits per heavy atom. The second-order valence-electron chi connectivity index (χ2n) is 0.969. The topological polar surface area (TPSA) is 97.6 Å². The zero-order valence-electron chi connectivity index (χ0n) is 3.91. The third kappa shape index (κ3) is 1.88. The number of rotatable bonds is 1. The van der Waals surface area contributed by atoms with Gasteiger partial charge < -0.3 is 10.1 Å². The third-order valence-electron chi connectivity index (χ3n) is 0.497. The van der Waals surface area contributed by atoms with E-state index < -0.39 is 10.9 Å². The van der Waals surface area contributed by atoms with E-state index in [1.807, 2.05) is 5.21 Å². The Labute approximate surface area is 64.5 Å². The third-order valence-corrected chi connectivity index (χ3v) is 0.497. The van der Waals surface area contributed by atoms with Crippen molar-refractivity contribution in [3.63, 3.8) is 0 Å². The normalized spacial score (nSPS) is 8.00. The molecule has 7 nitrogen and oxygen atoms in total. The molecule has 0 unspecified atom stereocenters. The van der Waals surface area contributed by atoms with Crippen LogP contribution >= 0.6 is 0 Å². The van der Waals surface area contributed by atoms with Crippen molar-refractivity contribution in [2.45, 2.75) is 0 Å². The molecule has 1 N–H and O–H groups in total. The Bertz CT molecular complexity index is 183. The van der Waals surface area contributed by atoms with Crippen LogP contribution < -0.4 is 0 Å². The number of hydrogen-bond donors (Lipinski definition) is 1. The summed E-state index contributed by atoms with van der Waals surface area (Å²) >= 11 is 0. The van der Waals surface area contributed by atoms with E-state index >= 15 is 0 Å². The molecule has 1 rings (SSSR count). The zero-order chi connectivity index (χ0) is 5.98. The standard InChI is InChI=1S/CHN5O2.Ag/c7-6(8)1-2-4-5-3-1;/h(H,2,3,4,5);/q;+1. The second kappa shape index (κ2) is 3.28. The zero-order valence-corrected chi connectivity index (χ0v) is 5.39. The van der Waals surface area contributed by atoms with E-state index in [-0.39, 0.29) is 22.4 Å². The number of H-pyrrole nitrogens is 1. The van der Waals surface area contributed by atoms with E-state index in [1.165, 1.54) is 0 Å². The molecule has 0 aromatic carbocycles. The predicted molar refractivity (Wildman–Crippen MR) is 20.8 cm³/mol. The number of aromatic amines is 1. The van der Waals surface area contributed by atoms with E-state index in [4.69, 9.17) is 0 Å². The van der Waals surface area contributed by atoms with Gasteiger partial charge in [-0.15, -0.1) is 0 Å². The Balaban J connectivity index is 0.000000640. The Hall–Kier alpha value is -0.790. The van der Waals surface area contributed by atoms with Gasteiger partial charge >= 0.3 is 28.3 Å². The van der Waals surface area contributed by atoms with Crippen LogP contribution in [0, 0.1) is 10.1 Å². The molecule has 0 radical (unpaired) electrons. The molecule has 1 aromatic rings. The molecular weight excluding hydrogens is 222 g/mol. The van der Waals surface area contributed by atoms with Crippen LogP contribution in [0.4, 0.5) is 5.95 Å². The number of aromatic nitrogens is 4. The summed E-state index contributed by atoms with van der Waals surface area (Å²) in [6.45, 7) is 0. The van der Waals surface area contributed by atoms with Gasteiger partial charge in [-0.3, -0.25) is 0 Å². The maximum atomic E-state index is 9.68. The van der Waals surface area contributed by atoms with Crippen molar-refractivity contribution < 1.29 is 27.3 Å². The maximum absolute atomic E-state index is 9.68. The molecule has 9 heavy (non-hydrogen) atoms. The van der Waals surface area contributed by atoms with Crippen LogP contribution in [0.25, 0.3) is 0 Å². The van der Waals surface area contributed by atoms with Gasteiger partial charge in [-0.2, -0.15) is 0 Å². The number of hydrogen-bond acceptors (Lipinski definition) is 5. The molecule has 52 valence electrons. The molecule has 0 atom stereocenters. The molecule has 0 aliphatic heterocycles. The van der Waals surface area contributed by atoms with E-state index in [1.54, 1.807) is 0 Å². The van der Waals surface area contributed by atoms with Crippen LogP contribution in [0.3, 0.4) is 0 Å². The van der Waals surface area contributed by atoms with Crippen molar-refractivity contribution in [2.24, 2.45) is 0 Å². The van der Waals surface area contributed by atoms with E-state index in [9.17, 15) is 10.1 Å². The summed E-state index contributed by atoms with van der Waals surface area (Å²) in [6.07, 6.45) is 0. The van der Waals surface area contributed by atoms with Crippen molar-refractivity contribution >= 4 is 5.95 Å². The SMILES string of the molecule is O=[N+]([O-])c1nn[nH]n1.[Ag+]. The van der Waals surface area contributed by atoms with Gasteiger partial charge in [0.2, 0.25) is 0 Å². The number of nitrogens with zero attached hydrogens (tertiary/aromatic N) is 4. The summed E-state index contributed by atoms with van der Waals surface area (Å²) in [5, 5.41) is 20.7. The van der Waals surface area contributed by atoms with Crippen LogP contribution in [0.5, 0.6) is 0 Å². The quantitative estimate of drug-likeness (QED) is 0.378. The summed E-state index contributed by atoms with van der Waals surface area (Å²) in [6, 6.07) is 0. The van der Waals surface area contributed by atoms with Gasteiger partial charge in [0.25, 0.3) is 0 Å². The van der Waals surface area contributed by atoms with Crippen LogP contribution in [-0.2, 0) is 22.4 Å². The average Bonchev–Trinajstić information content (AvgIpc) is 2.12. The van der Waals surface area contributed by atoms with Crippen LogP contribution in [0.2, 0.25) is 0 Å². The summed E-state index contributed by atoms with van der Waals surface area (Å²) < 4.78 is 0. The molecule has 0 spiro atoms. The minimum absolute atomic E-state index is 0. The summed E-state index contributed by atoms with van der Waals surface area (Å²) in [4.78, 5) is 8.95. The molecule has 0 bridgehead atoms. The van der Waals surface area contributed by atoms with Crippen molar-refractivity contribution in [3.8, 4) is 0 Å². The average molecular weight is 223 g/mol. The van der Waals surface area contributed by atoms with Gasteiger partial charge in [0, 0.05) is 10.3 Å². The maximum Gasteiger partial charge on any atom is 1.00 e. The fourth-order valence-electron chi connectivity index (χ4n) is 0.234. The Morgan fingerprint density at radius 1 is 1.67 bits per heavy atom. The fraction of sp³-hybridized carbons (Fsp3) is 0. The van der Waals surface area contributed by atoms with Gasteiger partial charge in [0.05, 0.1) is 5.10 Å². The summed E-state index contributed by atoms with van der Waals surface area (Å²) in [5.41, 5.74) is 0. The molecule has 0 aliphatic carbocycles. The first-order chi connectivity index (χ1) is 3.80. The Kier molecular flexibility index (Phi) is 2.99. The molecule has 0 amide bonds. The van der Waals surface area contributed by atoms with Crippen LogP contribution in [-0.4, -0.2) is 25.5 Å². The molecule has 1 heterocycles. The minimum atomic E-state index is -0.733. The predicted octanol–water partition coefficient (Wildman–Crippen LogP) is -0.895. The second-order valence-corrected chi connectivity index (χ2v) is 0.969. The van der Waals surface area contributed by atoms with Crippen molar-refractivity contribution in [1.29, 1.82) is 0 Å². The monoisotopic (exact) mass is 222 g/mol. The first-order valence-corrected chi connectivity index (χ1v) is 1.68. The van der Waals surface area contributed by atoms with Gasteiger partial charge in [-0.1, -0.05) is 5.21 Å². The van der Waals surface area contributed by atoms with Gasteiger partial charge in [0.15, 0.2) is 0 Å². The first kappa shape index (κ1) is 8.21. The molecule has 8 heteroatoms. The van der Waals surface area contributed by atoms with Crippen LogP contribution in [0.15, 0.2) is 0 Å². The van der Waals surface area contributed by atoms with Crippen LogP contribution in [0.1, 0.15) is 0 Å². The van der Waals surface area contributed by atoms with E-state index in [0.29, 0.717) is 0 Å². The minimum Gasteiger partial charge on any atom is -0.390 e. The molecule has 0 saturated heterocycles. The number of nitro groups is 1. The van der Waals surface area contributed by atoms with Gasteiger partial charge in [-0.25, -0.2) is 0 Å². The molecule has 0 aliphatic rings. The summed E-state index contributed by atoms with van der Waals surface area (Å²) in [5.74, 6) is -0.509. The summed E-state index contributed by atoms with van der Waals surface area (Å²) in [7, 11) is 0. The van der Waals surface area contributed by atoms with Gasteiger partial charge in [-0.05, 0) is 4.92 Å². The number of nitrogens with one attached hydrogen (secondary N) is 1. The molecular formula is CHAgN5O2+. The molecule has 0 fully saturated rings. The Morgan fingerprint density at radius 2 is 2.33 bits per heavy atom. The van der Waals surface area contributed by atoms with Crippen molar-refractivity contribution in [1.82, 2.24) is 20.6 Å². The van der Waals surface area contributed by atoms with Gasteiger partial charge in [0.1, 0.15) is 0 Å². The smallest absolute Gasteiger partial charge is 0.390 e.